The maximum atomic E-state index is 14.2. The monoisotopic (exact) mass is 459 g/mol. The molecule has 2 aromatic rings. The largest absolute Gasteiger partial charge is 0.430 e. The van der Waals surface area contributed by atoms with Crippen LogP contribution in [0.2, 0.25) is 0 Å². The molecule has 1 fully saturated rings. The zero-order valence-corrected chi connectivity index (χ0v) is 17.8. The van der Waals surface area contributed by atoms with Crippen molar-refractivity contribution in [1.29, 1.82) is 0 Å². The number of hydrogen-bond acceptors (Lipinski definition) is 2. The Morgan fingerprint density at radius 1 is 0.812 bits per heavy atom. The molecule has 1 aliphatic heterocycles. The maximum Gasteiger partial charge on any atom is 0.430 e. The van der Waals surface area contributed by atoms with Crippen molar-refractivity contribution < 1.29 is 31.1 Å². The normalized spacial score (nSPS) is 21.3. The quantitative estimate of drug-likeness (QED) is 0.460. The van der Waals surface area contributed by atoms with Crippen LogP contribution < -0.4 is 0 Å². The predicted molar refractivity (Wildman–Crippen MR) is 110 cm³/mol. The number of nitrogens with zero attached hydrogens (tertiary/aromatic N) is 1. The summed E-state index contributed by atoms with van der Waals surface area (Å²) in [5.41, 5.74) is -5.63. The van der Waals surface area contributed by atoms with Gasteiger partial charge in [-0.25, -0.2) is 0 Å². The first-order chi connectivity index (χ1) is 15.1. The highest BCUT2D eigenvalue weighted by Gasteiger charge is 2.73. The maximum absolute atomic E-state index is 14.2. The van der Waals surface area contributed by atoms with Crippen LogP contribution in [0.15, 0.2) is 60.7 Å². The van der Waals surface area contributed by atoms with Gasteiger partial charge in [-0.05, 0) is 44.5 Å². The number of likely N-dealkylation sites (tertiary alicyclic amines) is 1. The molecular weight excluding hydrogens is 432 g/mol. The Kier molecular flexibility index (Phi) is 7.25. The van der Waals surface area contributed by atoms with E-state index in [1.807, 2.05) is 6.92 Å². The topological polar surface area (TPSA) is 12.5 Å². The molecule has 2 aromatic carbocycles. The highest BCUT2D eigenvalue weighted by atomic mass is 19.4. The van der Waals surface area contributed by atoms with Crippen molar-refractivity contribution in [2.45, 2.75) is 49.6 Å². The fourth-order valence-electron chi connectivity index (χ4n) is 4.53. The molecule has 0 radical (unpaired) electrons. The number of halogens is 6. The average Bonchev–Trinajstić information content (AvgIpc) is 2.97. The third kappa shape index (κ3) is 4.66. The van der Waals surface area contributed by atoms with E-state index in [1.54, 1.807) is 30.3 Å². The van der Waals surface area contributed by atoms with Gasteiger partial charge in [0.15, 0.2) is 0 Å². The first kappa shape index (κ1) is 24.6. The van der Waals surface area contributed by atoms with E-state index in [0.717, 1.165) is 37.4 Å². The van der Waals surface area contributed by atoms with Gasteiger partial charge in [-0.3, -0.25) is 0 Å². The Bertz CT molecular complexity index is 838. The third-order valence-electron chi connectivity index (χ3n) is 6.41. The van der Waals surface area contributed by atoms with Crippen LogP contribution in [0.3, 0.4) is 0 Å². The van der Waals surface area contributed by atoms with Crippen LogP contribution in [0.25, 0.3) is 0 Å². The molecule has 3 rings (SSSR count). The zero-order chi connectivity index (χ0) is 23.5. The molecule has 0 aromatic heterocycles. The number of alkyl halides is 6. The van der Waals surface area contributed by atoms with Crippen LogP contribution in [0.5, 0.6) is 0 Å². The lowest BCUT2D eigenvalue weighted by molar-refractivity contribution is -0.392. The molecule has 0 aliphatic carbocycles. The summed E-state index contributed by atoms with van der Waals surface area (Å²) in [5, 5.41) is 0. The van der Waals surface area contributed by atoms with E-state index in [4.69, 9.17) is 4.74 Å². The second-order valence-corrected chi connectivity index (χ2v) is 8.27. The van der Waals surface area contributed by atoms with E-state index in [1.165, 1.54) is 6.07 Å². The molecule has 0 N–H and O–H groups in total. The molecule has 1 heterocycles. The molecule has 0 amide bonds. The van der Waals surface area contributed by atoms with Crippen molar-refractivity contribution in [1.82, 2.24) is 4.90 Å². The predicted octanol–water partition coefficient (Wildman–Crippen LogP) is 6.47. The molecule has 0 bridgehead atoms. The lowest BCUT2D eigenvalue weighted by Crippen LogP contribution is -2.57. The summed E-state index contributed by atoms with van der Waals surface area (Å²) >= 11 is 0. The van der Waals surface area contributed by atoms with Crippen LogP contribution >= 0.6 is 0 Å². The minimum atomic E-state index is -5.69. The summed E-state index contributed by atoms with van der Waals surface area (Å²) in [4.78, 5) is 2.16. The van der Waals surface area contributed by atoms with E-state index in [0.29, 0.717) is 31.4 Å². The van der Waals surface area contributed by atoms with Gasteiger partial charge >= 0.3 is 12.4 Å². The van der Waals surface area contributed by atoms with E-state index in [9.17, 15) is 26.3 Å². The van der Waals surface area contributed by atoms with Crippen molar-refractivity contribution in [3.05, 3.63) is 71.8 Å². The third-order valence-corrected chi connectivity index (χ3v) is 6.41. The molecule has 1 unspecified atom stereocenters. The first-order valence-electron chi connectivity index (χ1n) is 10.7. The van der Waals surface area contributed by atoms with Gasteiger partial charge in [-0.1, -0.05) is 67.6 Å². The van der Waals surface area contributed by atoms with Gasteiger partial charge in [0.2, 0.25) is 0 Å². The van der Waals surface area contributed by atoms with Crippen LogP contribution in [0, 0.1) is 0 Å². The van der Waals surface area contributed by atoms with Crippen LogP contribution in [-0.2, 0) is 15.8 Å². The lowest BCUT2D eigenvalue weighted by atomic mass is 9.75. The van der Waals surface area contributed by atoms with Gasteiger partial charge in [0.05, 0.1) is 6.61 Å². The minimum absolute atomic E-state index is 0.408. The lowest BCUT2D eigenvalue weighted by Gasteiger charge is -2.41. The Morgan fingerprint density at radius 2 is 1.38 bits per heavy atom. The fourth-order valence-corrected chi connectivity index (χ4v) is 4.53. The van der Waals surface area contributed by atoms with E-state index >= 15 is 0 Å². The van der Waals surface area contributed by atoms with Crippen LogP contribution in [0.4, 0.5) is 26.3 Å². The smallest absolute Gasteiger partial charge is 0.353 e. The standard InChI is InChI=1S/C24H27F6NO/c1-2-31-16-9-14-21(15-17-31,19-10-5-3-6-11-19)18-32-22(23(25,26)27,24(28,29)30)20-12-7-4-8-13-20/h3-8,10-13H,2,9,14-18H2,1H3. The van der Waals surface area contributed by atoms with Crippen molar-refractivity contribution >= 4 is 0 Å². The van der Waals surface area contributed by atoms with Crippen LogP contribution in [0.1, 0.15) is 37.3 Å². The molecule has 176 valence electrons. The number of ether oxygens (including phenoxy) is 1. The van der Waals surface area contributed by atoms with Gasteiger partial charge in [0.25, 0.3) is 5.60 Å². The molecular formula is C24H27F6NO. The average molecular weight is 459 g/mol. The van der Waals surface area contributed by atoms with Gasteiger partial charge in [0.1, 0.15) is 0 Å². The highest BCUT2D eigenvalue weighted by Crippen LogP contribution is 2.54. The van der Waals surface area contributed by atoms with Crippen molar-refractivity contribution in [3.63, 3.8) is 0 Å². The van der Waals surface area contributed by atoms with Gasteiger partial charge in [-0.15, -0.1) is 0 Å². The second-order valence-electron chi connectivity index (χ2n) is 8.27. The summed E-state index contributed by atoms with van der Waals surface area (Å²) in [5.74, 6) is 0. The highest BCUT2D eigenvalue weighted by molar-refractivity contribution is 5.29. The molecule has 0 spiro atoms. The number of hydrogen-bond donors (Lipinski definition) is 0. The molecule has 1 saturated heterocycles. The Hall–Kier alpha value is -2.06. The van der Waals surface area contributed by atoms with E-state index in [2.05, 4.69) is 4.90 Å². The van der Waals surface area contributed by atoms with Gasteiger partial charge in [0, 0.05) is 11.0 Å². The molecule has 1 aliphatic rings. The van der Waals surface area contributed by atoms with Gasteiger partial charge in [-0.2, -0.15) is 26.3 Å². The second kappa shape index (κ2) is 9.43. The summed E-state index contributed by atoms with van der Waals surface area (Å²) in [6.45, 7) is 3.38. The van der Waals surface area contributed by atoms with Gasteiger partial charge < -0.3 is 9.64 Å². The van der Waals surface area contributed by atoms with Crippen molar-refractivity contribution in [2.75, 3.05) is 26.2 Å². The summed E-state index contributed by atoms with van der Waals surface area (Å²) in [6.07, 6.45) is -9.88. The summed E-state index contributed by atoms with van der Waals surface area (Å²) < 4.78 is 90.2. The molecule has 8 heteroatoms. The zero-order valence-electron chi connectivity index (χ0n) is 17.8. The summed E-state index contributed by atoms with van der Waals surface area (Å²) in [6, 6.07) is 14.1. The van der Waals surface area contributed by atoms with E-state index < -0.39 is 35.5 Å². The first-order valence-corrected chi connectivity index (χ1v) is 10.7. The molecule has 32 heavy (non-hydrogen) atoms. The fraction of sp³-hybridized carbons (Fsp3) is 0.500. The number of benzene rings is 2. The molecule has 2 nitrogen and oxygen atoms in total. The Balaban J connectivity index is 2.06. The molecule has 1 atom stereocenters. The van der Waals surface area contributed by atoms with Crippen molar-refractivity contribution in [2.24, 2.45) is 0 Å². The Morgan fingerprint density at radius 3 is 1.91 bits per heavy atom. The summed E-state index contributed by atoms with van der Waals surface area (Å²) in [7, 11) is 0. The molecule has 0 saturated carbocycles. The SMILES string of the molecule is CCN1CCCC(COC(c2ccccc2)(C(F)(F)F)C(F)(F)F)(c2ccccc2)CC1. The minimum Gasteiger partial charge on any atom is -0.353 e. The van der Waals surface area contributed by atoms with Crippen LogP contribution in [-0.4, -0.2) is 43.5 Å². The van der Waals surface area contributed by atoms with Crippen molar-refractivity contribution in [3.8, 4) is 0 Å². The Labute approximate surface area is 184 Å². The number of rotatable bonds is 6. The van der Waals surface area contributed by atoms with E-state index in [-0.39, 0.29) is 0 Å².